The summed E-state index contributed by atoms with van der Waals surface area (Å²) in [6.07, 6.45) is 1.72. The number of hydrogen-bond acceptors (Lipinski definition) is 5. The summed E-state index contributed by atoms with van der Waals surface area (Å²) >= 11 is 3.52. The highest BCUT2D eigenvalue weighted by Gasteiger charge is 2.10. The van der Waals surface area contributed by atoms with Gasteiger partial charge in [-0.05, 0) is 46.6 Å². The predicted molar refractivity (Wildman–Crippen MR) is 93.3 cm³/mol. The first kappa shape index (κ1) is 17.6. The Morgan fingerprint density at radius 1 is 1.22 bits per heavy atom. The van der Waals surface area contributed by atoms with E-state index in [1.807, 2.05) is 37.3 Å². The molecule has 0 atom stereocenters. The van der Waals surface area contributed by atoms with Crippen molar-refractivity contribution in [2.24, 2.45) is 0 Å². The summed E-state index contributed by atoms with van der Waals surface area (Å²) in [6, 6.07) is 9.62. The van der Waals surface area contributed by atoms with Gasteiger partial charge in [0.15, 0.2) is 11.5 Å². The number of benzene rings is 1. The molecule has 0 saturated carbocycles. The smallest absolute Gasteiger partial charge is 0.213 e. The van der Waals surface area contributed by atoms with Gasteiger partial charge in [-0.3, -0.25) is 0 Å². The first-order valence-electron chi connectivity index (χ1n) is 7.48. The molecule has 0 fully saturated rings. The fourth-order valence-electron chi connectivity index (χ4n) is 2.08. The van der Waals surface area contributed by atoms with Gasteiger partial charge in [0.2, 0.25) is 5.88 Å². The number of methoxy groups -OCH3 is 1. The lowest BCUT2D eigenvalue weighted by atomic mass is 10.2. The van der Waals surface area contributed by atoms with Crippen molar-refractivity contribution in [3.8, 4) is 17.4 Å². The molecule has 23 heavy (non-hydrogen) atoms. The van der Waals surface area contributed by atoms with E-state index in [0.29, 0.717) is 31.4 Å². The lowest BCUT2D eigenvalue weighted by Gasteiger charge is -2.13. The van der Waals surface area contributed by atoms with Crippen LogP contribution in [0, 0.1) is 0 Å². The van der Waals surface area contributed by atoms with E-state index >= 15 is 0 Å². The van der Waals surface area contributed by atoms with Gasteiger partial charge in [-0.1, -0.05) is 6.07 Å². The van der Waals surface area contributed by atoms with Gasteiger partial charge in [0.05, 0.1) is 18.2 Å². The van der Waals surface area contributed by atoms with Crippen molar-refractivity contribution in [2.45, 2.75) is 13.5 Å². The van der Waals surface area contributed by atoms with E-state index in [0.717, 1.165) is 22.3 Å². The van der Waals surface area contributed by atoms with Crippen LogP contribution in [0.5, 0.6) is 17.4 Å². The Balaban J connectivity index is 1.83. The summed E-state index contributed by atoms with van der Waals surface area (Å²) in [7, 11) is 1.63. The van der Waals surface area contributed by atoms with E-state index in [-0.39, 0.29) is 0 Å². The Bertz CT molecular complexity index is 608. The van der Waals surface area contributed by atoms with E-state index in [4.69, 9.17) is 14.2 Å². The lowest BCUT2D eigenvalue weighted by molar-refractivity contribution is 0.301. The van der Waals surface area contributed by atoms with Crippen LogP contribution in [0.2, 0.25) is 0 Å². The molecule has 6 heteroatoms. The number of ether oxygens (including phenoxy) is 3. The van der Waals surface area contributed by atoms with E-state index in [1.54, 1.807) is 13.3 Å². The molecular formula is C17H21BrN2O3. The number of rotatable bonds is 9. The minimum absolute atomic E-state index is 0.562. The summed E-state index contributed by atoms with van der Waals surface area (Å²) in [6.45, 7) is 4.55. The summed E-state index contributed by atoms with van der Waals surface area (Å²) in [5.41, 5.74) is 1.11. The van der Waals surface area contributed by atoms with Crippen molar-refractivity contribution in [2.75, 3.05) is 26.9 Å². The Labute approximate surface area is 145 Å². The molecule has 1 N–H and O–H groups in total. The van der Waals surface area contributed by atoms with Gasteiger partial charge in [-0.25, -0.2) is 4.98 Å². The summed E-state index contributed by atoms with van der Waals surface area (Å²) in [5, 5.41) is 3.34. The number of aromatic nitrogens is 1. The van der Waals surface area contributed by atoms with Crippen LogP contribution >= 0.6 is 15.9 Å². The quantitative estimate of drug-likeness (QED) is 0.675. The third-order valence-electron chi connectivity index (χ3n) is 3.07. The first-order valence-corrected chi connectivity index (χ1v) is 8.27. The Morgan fingerprint density at radius 2 is 2.09 bits per heavy atom. The van der Waals surface area contributed by atoms with Gasteiger partial charge in [0.1, 0.15) is 6.61 Å². The molecule has 2 aromatic rings. The zero-order valence-electron chi connectivity index (χ0n) is 13.3. The SMILES string of the molecule is CCOc1cc(CNCCOc2ccccn2)cc(Br)c1OC. The minimum atomic E-state index is 0.562. The van der Waals surface area contributed by atoms with Crippen molar-refractivity contribution < 1.29 is 14.2 Å². The van der Waals surface area contributed by atoms with Gasteiger partial charge in [-0.2, -0.15) is 0 Å². The van der Waals surface area contributed by atoms with E-state index in [1.165, 1.54) is 0 Å². The van der Waals surface area contributed by atoms with Gasteiger partial charge in [0, 0.05) is 25.4 Å². The van der Waals surface area contributed by atoms with Crippen LogP contribution in [0.3, 0.4) is 0 Å². The molecule has 5 nitrogen and oxygen atoms in total. The highest BCUT2D eigenvalue weighted by molar-refractivity contribution is 9.10. The third-order valence-corrected chi connectivity index (χ3v) is 3.66. The minimum Gasteiger partial charge on any atom is -0.492 e. The molecule has 2 rings (SSSR count). The Morgan fingerprint density at radius 3 is 2.78 bits per heavy atom. The normalized spacial score (nSPS) is 10.4. The second-order valence-electron chi connectivity index (χ2n) is 4.74. The molecule has 0 aliphatic rings. The first-order chi connectivity index (χ1) is 11.2. The fraction of sp³-hybridized carbons (Fsp3) is 0.353. The van der Waals surface area contributed by atoms with Gasteiger partial charge >= 0.3 is 0 Å². The summed E-state index contributed by atoms with van der Waals surface area (Å²) in [5.74, 6) is 2.10. The van der Waals surface area contributed by atoms with Crippen LogP contribution in [0.1, 0.15) is 12.5 Å². The maximum Gasteiger partial charge on any atom is 0.213 e. The monoisotopic (exact) mass is 380 g/mol. The number of halogens is 1. The maximum absolute atomic E-state index is 5.62. The molecule has 1 aromatic carbocycles. The Hall–Kier alpha value is -1.79. The maximum atomic E-state index is 5.62. The van der Waals surface area contributed by atoms with E-state index in [9.17, 15) is 0 Å². The van der Waals surface area contributed by atoms with Crippen molar-refractivity contribution in [1.29, 1.82) is 0 Å². The molecule has 124 valence electrons. The number of nitrogens with zero attached hydrogens (tertiary/aromatic N) is 1. The second-order valence-corrected chi connectivity index (χ2v) is 5.59. The summed E-state index contributed by atoms with van der Waals surface area (Å²) < 4.78 is 17.4. The van der Waals surface area contributed by atoms with E-state index < -0.39 is 0 Å². The van der Waals surface area contributed by atoms with Gasteiger partial charge in [-0.15, -0.1) is 0 Å². The highest BCUT2D eigenvalue weighted by atomic mass is 79.9. The molecule has 0 amide bonds. The molecule has 0 spiro atoms. The standard InChI is InChI=1S/C17H21BrN2O3/c1-3-22-15-11-13(10-14(18)17(15)21-2)12-19-8-9-23-16-6-4-5-7-20-16/h4-7,10-11,19H,3,8-9,12H2,1-2H3. The molecule has 0 radical (unpaired) electrons. The van der Waals surface area contributed by atoms with E-state index in [2.05, 4.69) is 26.2 Å². The van der Waals surface area contributed by atoms with Crippen molar-refractivity contribution >= 4 is 15.9 Å². The van der Waals surface area contributed by atoms with Crippen molar-refractivity contribution in [1.82, 2.24) is 10.3 Å². The topological polar surface area (TPSA) is 52.6 Å². The molecule has 0 aliphatic heterocycles. The molecule has 0 aliphatic carbocycles. The largest absolute Gasteiger partial charge is 0.492 e. The number of hydrogen-bond donors (Lipinski definition) is 1. The number of pyridine rings is 1. The predicted octanol–water partition coefficient (Wildman–Crippen LogP) is 3.42. The zero-order valence-corrected chi connectivity index (χ0v) is 14.9. The van der Waals surface area contributed by atoms with Crippen LogP contribution in [-0.2, 0) is 6.54 Å². The average Bonchev–Trinajstić information content (AvgIpc) is 2.56. The van der Waals surface area contributed by atoms with Crippen LogP contribution in [0.15, 0.2) is 41.0 Å². The van der Waals surface area contributed by atoms with Gasteiger partial charge < -0.3 is 19.5 Å². The van der Waals surface area contributed by atoms with Gasteiger partial charge in [0.25, 0.3) is 0 Å². The molecule has 0 bridgehead atoms. The van der Waals surface area contributed by atoms with Crippen LogP contribution in [0.4, 0.5) is 0 Å². The average molecular weight is 381 g/mol. The molecule has 1 aromatic heterocycles. The zero-order chi connectivity index (χ0) is 16.5. The number of nitrogens with one attached hydrogen (secondary N) is 1. The van der Waals surface area contributed by atoms with Crippen LogP contribution in [0.25, 0.3) is 0 Å². The summed E-state index contributed by atoms with van der Waals surface area (Å²) in [4.78, 5) is 4.11. The van der Waals surface area contributed by atoms with Crippen LogP contribution in [-0.4, -0.2) is 31.9 Å². The van der Waals surface area contributed by atoms with Crippen molar-refractivity contribution in [3.63, 3.8) is 0 Å². The molecule has 1 heterocycles. The lowest BCUT2D eigenvalue weighted by Crippen LogP contribution is -2.20. The Kier molecular flexibility index (Phi) is 7.16. The highest BCUT2D eigenvalue weighted by Crippen LogP contribution is 2.36. The molecular weight excluding hydrogens is 360 g/mol. The fourth-order valence-corrected chi connectivity index (χ4v) is 2.73. The molecule has 0 saturated heterocycles. The third kappa shape index (κ3) is 5.41. The van der Waals surface area contributed by atoms with Crippen molar-refractivity contribution in [3.05, 3.63) is 46.6 Å². The second kappa shape index (κ2) is 9.37. The van der Waals surface area contributed by atoms with Crippen LogP contribution < -0.4 is 19.5 Å². The molecule has 0 unspecified atom stereocenters.